The van der Waals surface area contributed by atoms with Crippen molar-refractivity contribution >= 4 is 0 Å². The summed E-state index contributed by atoms with van der Waals surface area (Å²) in [4.78, 5) is 2.66. The molecular formula is C15H21NO. The molecule has 1 aromatic rings. The summed E-state index contributed by atoms with van der Waals surface area (Å²) in [7, 11) is 1.75. The maximum atomic E-state index is 5.34. The molecule has 0 saturated carbocycles. The van der Waals surface area contributed by atoms with Crippen molar-refractivity contribution < 1.29 is 4.74 Å². The number of hydrogen-bond acceptors (Lipinski definition) is 2. The van der Waals surface area contributed by atoms with Crippen molar-refractivity contribution in [2.45, 2.75) is 38.1 Å². The van der Waals surface area contributed by atoms with Gasteiger partial charge in [0.15, 0.2) is 0 Å². The van der Waals surface area contributed by atoms with Gasteiger partial charge >= 0.3 is 0 Å². The normalized spacial score (nSPS) is 28.4. The first-order chi connectivity index (χ1) is 8.31. The Balaban J connectivity index is 1.86. The van der Waals surface area contributed by atoms with Gasteiger partial charge in [0.05, 0.1) is 7.11 Å². The van der Waals surface area contributed by atoms with Crippen LogP contribution in [-0.4, -0.2) is 25.1 Å². The van der Waals surface area contributed by atoms with Gasteiger partial charge in [-0.1, -0.05) is 19.4 Å². The number of nitrogens with zero attached hydrogens (tertiary/aromatic N) is 1. The fraction of sp³-hybridized carbons (Fsp3) is 0.600. The minimum absolute atomic E-state index is 0.639. The molecule has 0 N–H and O–H groups in total. The third-order valence-electron chi connectivity index (χ3n) is 4.36. The van der Waals surface area contributed by atoms with Crippen LogP contribution >= 0.6 is 0 Å². The summed E-state index contributed by atoms with van der Waals surface area (Å²) in [6.45, 7) is 4.89. The molecule has 92 valence electrons. The molecule has 17 heavy (non-hydrogen) atoms. The predicted octanol–water partition coefficient (Wildman–Crippen LogP) is 3.34. The Labute approximate surface area is 104 Å². The Morgan fingerprint density at radius 3 is 2.59 bits per heavy atom. The molecule has 0 spiro atoms. The molecule has 0 radical (unpaired) electrons. The van der Waals surface area contributed by atoms with E-state index in [2.05, 4.69) is 30.0 Å². The SMILES string of the molecule is COc1ccc2c(c1)C(N1CCCCC1)C2C. The molecule has 2 heteroatoms. The molecule has 1 aliphatic heterocycles. The van der Waals surface area contributed by atoms with Gasteiger partial charge in [-0.2, -0.15) is 0 Å². The molecule has 1 fully saturated rings. The second-order valence-electron chi connectivity index (χ2n) is 5.32. The Hall–Kier alpha value is -1.02. The molecule has 2 aliphatic rings. The number of hydrogen-bond donors (Lipinski definition) is 0. The molecule has 0 aromatic heterocycles. The number of likely N-dealkylation sites (tertiary alicyclic amines) is 1. The lowest BCUT2D eigenvalue weighted by atomic mass is 9.72. The van der Waals surface area contributed by atoms with Crippen molar-refractivity contribution in [2.24, 2.45) is 0 Å². The lowest BCUT2D eigenvalue weighted by Crippen LogP contribution is -2.41. The Morgan fingerprint density at radius 1 is 1.12 bits per heavy atom. The third kappa shape index (κ3) is 1.75. The molecule has 0 bridgehead atoms. The van der Waals surface area contributed by atoms with Crippen molar-refractivity contribution in [3.05, 3.63) is 29.3 Å². The highest BCUT2D eigenvalue weighted by atomic mass is 16.5. The number of fused-ring (bicyclic) bond motifs is 1. The van der Waals surface area contributed by atoms with Crippen LogP contribution in [0.5, 0.6) is 5.75 Å². The second-order valence-corrected chi connectivity index (χ2v) is 5.32. The number of benzene rings is 1. The molecule has 0 amide bonds. The van der Waals surface area contributed by atoms with E-state index in [1.165, 1.54) is 43.5 Å². The van der Waals surface area contributed by atoms with Crippen LogP contribution in [-0.2, 0) is 0 Å². The molecule has 2 atom stereocenters. The fourth-order valence-electron chi connectivity index (χ4n) is 3.40. The summed E-state index contributed by atoms with van der Waals surface area (Å²) >= 11 is 0. The average Bonchev–Trinajstić information content (AvgIpc) is 2.39. The van der Waals surface area contributed by atoms with Gasteiger partial charge in [-0.15, -0.1) is 0 Å². The second kappa shape index (κ2) is 4.34. The standard InChI is InChI=1S/C15H21NO/c1-11-13-7-6-12(17-2)10-14(13)15(11)16-8-4-3-5-9-16/h6-7,10-11,15H,3-5,8-9H2,1-2H3. The van der Waals surface area contributed by atoms with Gasteiger partial charge in [0, 0.05) is 12.0 Å². The first-order valence-electron chi connectivity index (χ1n) is 6.73. The smallest absolute Gasteiger partial charge is 0.119 e. The molecule has 1 heterocycles. The lowest BCUT2D eigenvalue weighted by molar-refractivity contribution is 0.125. The predicted molar refractivity (Wildman–Crippen MR) is 69.6 cm³/mol. The van der Waals surface area contributed by atoms with E-state index in [0.717, 1.165) is 5.75 Å². The zero-order valence-electron chi connectivity index (χ0n) is 10.8. The number of rotatable bonds is 2. The van der Waals surface area contributed by atoms with Crippen molar-refractivity contribution in [1.29, 1.82) is 0 Å². The van der Waals surface area contributed by atoms with E-state index in [9.17, 15) is 0 Å². The topological polar surface area (TPSA) is 12.5 Å². The van der Waals surface area contributed by atoms with Crippen LogP contribution in [0.1, 0.15) is 49.3 Å². The lowest BCUT2D eigenvalue weighted by Gasteiger charge is -2.46. The molecular weight excluding hydrogens is 210 g/mol. The Morgan fingerprint density at radius 2 is 1.88 bits per heavy atom. The number of piperidine rings is 1. The van der Waals surface area contributed by atoms with Gasteiger partial charge in [0.25, 0.3) is 0 Å². The monoisotopic (exact) mass is 231 g/mol. The van der Waals surface area contributed by atoms with Crippen molar-refractivity contribution in [3.63, 3.8) is 0 Å². The highest BCUT2D eigenvalue weighted by Crippen LogP contribution is 2.49. The summed E-state index contributed by atoms with van der Waals surface area (Å²) < 4.78 is 5.34. The van der Waals surface area contributed by atoms with E-state index in [0.29, 0.717) is 12.0 Å². The van der Waals surface area contributed by atoms with Crippen LogP contribution in [0.4, 0.5) is 0 Å². The molecule has 1 saturated heterocycles. The van der Waals surface area contributed by atoms with Crippen LogP contribution in [0.25, 0.3) is 0 Å². The number of methoxy groups -OCH3 is 1. The first-order valence-corrected chi connectivity index (χ1v) is 6.73. The van der Waals surface area contributed by atoms with Gasteiger partial charge in [-0.05, 0) is 49.2 Å². The van der Waals surface area contributed by atoms with Crippen LogP contribution in [0.2, 0.25) is 0 Å². The van der Waals surface area contributed by atoms with E-state index in [4.69, 9.17) is 4.74 Å². The van der Waals surface area contributed by atoms with Crippen molar-refractivity contribution in [2.75, 3.05) is 20.2 Å². The Bertz CT molecular complexity index is 409. The van der Waals surface area contributed by atoms with Gasteiger partial charge < -0.3 is 4.74 Å². The molecule has 1 aromatic carbocycles. The minimum Gasteiger partial charge on any atom is -0.497 e. The van der Waals surface area contributed by atoms with Gasteiger partial charge in [0.1, 0.15) is 5.75 Å². The molecule has 1 aliphatic carbocycles. The van der Waals surface area contributed by atoms with Gasteiger partial charge in [-0.3, -0.25) is 4.90 Å². The van der Waals surface area contributed by atoms with E-state index in [1.54, 1.807) is 7.11 Å². The third-order valence-corrected chi connectivity index (χ3v) is 4.36. The summed E-state index contributed by atoms with van der Waals surface area (Å²) in [5, 5.41) is 0. The first kappa shape index (κ1) is 11.1. The quantitative estimate of drug-likeness (QED) is 0.774. The zero-order valence-corrected chi connectivity index (χ0v) is 10.8. The highest BCUT2D eigenvalue weighted by Gasteiger charge is 2.38. The van der Waals surface area contributed by atoms with E-state index in [-0.39, 0.29) is 0 Å². The van der Waals surface area contributed by atoms with Crippen molar-refractivity contribution in [3.8, 4) is 5.75 Å². The summed E-state index contributed by atoms with van der Waals surface area (Å²) in [6, 6.07) is 7.19. The van der Waals surface area contributed by atoms with Crippen LogP contribution < -0.4 is 4.74 Å². The summed E-state index contributed by atoms with van der Waals surface area (Å²) in [5.41, 5.74) is 3.01. The number of ether oxygens (including phenoxy) is 1. The zero-order chi connectivity index (χ0) is 11.8. The fourth-order valence-corrected chi connectivity index (χ4v) is 3.40. The van der Waals surface area contributed by atoms with Crippen LogP contribution in [0, 0.1) is 0 Å². The molecule has 2 unspecified atom stereocenters. The van der Waals surface area contributed by atoms with E-state index >= 15 is 0 Å². The van der Waals surface area contributed by atoms with Crippen molar-refractivity contribution in [1.82, 2.24) is 4.90 Å². The largest absolute Gasteiger partial charge is 0.497 e. The summed E-state index contributed by atoms with van der Waals surface area (Å²) in [5.74, 6) is 1.69. The maximum Gasteiger partial charge on any atom is 0.119 e. The van der Waals surface area contributed by atoms with Gasteiger partial charge in [0.2, 0.25) is 0 Å². The van der Waals surface area contributed by atoms with Crippen LogP contribution in [0.15, 0.2) is 18.2 Å². The van der Waals surface area contributed by atoms with Gasteiger partial charge in [-0.25, -0.2) is 0 Å². The maximum absolute atomic E-state index is 5.34. The summed E-state index contributed by atoms with van der Waals surface area (Å²) in [6.07, 6.45) is 4.13. The van der Waals surface area contributed by atoms with Crippen LogP contribution in [0.3, 0.4) is 0 Å². The average molecular weight is 231 g/mol. The molecule has 3 rings (SSSR count). The highest BCUT2D eigenvalue weighted by molar-refractivity contribution is 5.48. The van der Waals surface area contributed by atoms with E-state index in [1.807, 2.05) is 0 Å². The Kier molecular flexibility index (Phi) is 2.83. The molecule has 2 nitrogen and oxygen atoms in total. The minimum atomic E-state index is 0.639. The van der Waals surface area contributed by atoms with E-state index < -0.39 is 0 Å².